The fourth-order valence-electron chi connectivity index (χ4n) is 4.01. The number of fused-ring (bicyclic) bond motifs is 1. The van der Waals surface area contributed by atoms with Gasteiger partial charge in [-0.3, -0.25) is 9.59 Å². The lowest BCUT2D eigenvalue weighted by Gasteiger charge is -2.28. The number of methoxy groups -OCH3 is 1. The van der Waals surface area contributed by atoms with Crippen LogP contribution in [0.1, 0.15) is 12.8 Å². The molecule has 2 heterocycles. The third-order valence-corrected chi connectivity index (χ3v) is 6.17. The minimum Gasteiger partial charge on any atom is -0.493 e. The van der Waals surface area contributed by atoms with E-state index in [1.165, 1.54) is 13.4 Å². The molecule has 1 aromatic heterocycles. The van der Waals surface area contributed by atoms with Crippen LogP contribution in [-0.2, 0) is 14.3 Å². The number of ketones is 2. The Morgan fingerprint density at radius 3 is 2.53 bits per heavy atom. The van der Waals surface area contributed by atoms with Crippen LogP contribution < -0.4 is 14.8 Å². The molecule has 1 aliphatic carbocycles. The van der Waals surface area contributed by atoms with Crippen LogP contribution in [0.15, 0.2) is 42.1 Å². The second-order valence-corrected chi connectivity index (χ2v) is 8.77. The van der Waals surface area contributed by atoms with E-state index < -0.39 is 36.8 Å². The quantitative estimate of drug-likeness (QED) is 0.491. The molecule has 0 bridgehead atoms. The summed E-state index contributed by atoms with van der Waals surface area (Å²) in [5.41, 5.74) is 0.487. The van der Waals surface area contributed by atoms with E-state index >= 15 is 0 Å². The zero-order valence-corrected chi connectivity index (χ0v) is 20.1. The van der Waals surface area contributed by atoms with Crippen molar-refractivity contribution in [3.8, 4) is 11.5 Å². The zero-order valence-electron chi connectivity index (χ0n) is 20.1. The summed E-state index contributed by atoms with van der Waals surface area (Å²) < 4.78 is 42.1. The van der Waals surface area contributed by atoms with Crippen LogP contribution in [0.4, 0.5) is 14.6 Å². The second-order valence-electron chi connectivity index (χ2n) is 8.77. The monoisotopic (exact) mass is 502 g/mol. The highest BCUT2D eigenvalue weighted by Gasteiger charge is 2.25. The van der Waals surface area contributed by atoms with Crippen LogP contribution in [0, 0.1) is 5.92 Å². The van der Waals surface area contributed by atoms with Gasteiger partial charge in [0.1, 0.15) is 25.5 Å². The zero-order chi connectivity index (χ0) is 25.7. The van der Waals surface area contributed by atoms with E-state index in [0.29, 0.717) is 34.9 Å². The smallest absolute Gasteiger partial charge is 0.222 e. The highest BCUT2D eigenvalue weighted by Crippen LogP contribution is 2.35. The molecule has 4 rings (SSSR count). The van der Waals surface area contributed by atoms with Crippen molar-refractivity contribution < 1.29 is 32.6 Å². The van der Waals surface area contributed by atoms with Gasteiger partial charge in [-0.1, -0.05) is 0 Å². The molecule has 1 N–H and O–H groups in total. The number of aromatic nitrogens is 2. The fourth-order valence-corrected chi connectivity index (χ4v) is 4.01. The number of rotatable bonds is 10. The van der Waals surface area contributed by atoms with Crippen LogP contribution in [-0.4, -0.2) is 79.7 Å². The van der Waals surface area contributed by atoms with E-state index in [1.807, 2.05) is 0 Å². The van der Waals surface area contributed by atoms with Crippen molar-refractivity contribution in [3.63, 3.8) is 0 Å². The van der Waals surface area contributed by atoms with Gasteiger partial charge in [0.25, 0.3) is 0 Å². The van der Waals surface area contributed by atoms with Gasteiger partial charge in [-0.2, -0.15) is 0 Å². The first-order valence-electron chi connectivity index (χ1n) is 11.6. The summed E-state index contributed by atoms with van der Waals surface area (Å²) in [5, 5.41) is 3.40. The standard InChI is InChI=1S/C25H28F2N4O5/c1-31-5-3-15(4-6-31)13-35-24-9-18-17(7-23(24)34-2)25(29-14-28-18)30-19-8-21(33)22(10-20(19)32)36-16(11-26)12-27/h7-10,14-16H,3-6,11-13H2,1-2H3,(H,28,29,30). The van der Waals surface area contributed by atoms with Gasteiger partial charge in [0, 0.05) is 23.6 Å². The maximum Gasteiger partial charge on any atom is 0.222 e. The minimum atomic E-state index is -1.44. The van der Waals surface area contributed by atoms with Crippen LogP contribution >= 0.6 is 0 Å². The molecule has 0 saturated carbocycles. The maximum atomic E-state index is 12.7. The molecule has 1 aromatic carbocycles. The largest absolute Gasteiger partial charge is 0.493 e. The third kappa shape index (κ3) is 5.78. The maximum absolute atomic E-state index is 12.7. The summed E-state index contributed by atoms with van der Waals surface area (Å²) in [4.78, 5) is 35.7. The van der Waals surface area contributed by atoms with Gasteiger partial charge in [0.05, 0.1) is 24.9 Å². The molecule has 0 amide bonds. The molecule has 0 radical (unpaired) electrons. The van der Waals surface area contributed by atoms with Gasteiger partial charge in [-0.05, 0) is 45.0 Å². The lowest BCUT2D eigenvalue weighted by Crippen LogP contribution is -2.32. The first kappa shape index (κ1) is 25.5. The Morgan fingerprint density at radius 2 is 1.83 bits per heavy atom. The molecule has 0 atom stereocenters. The molecule has 2 aliphatic rings. The number of hydrogen-bond acceptors (Lipinski definition) is 9. The number of anilines is 1. The summed E-state index contributed by atoms with van der Waals surface area (Å²) >= 11 is 0. The molecule has 1 fully saturated rings. The Labute approximate surface area is 207 Å². The average Bonchev–Trinajstić information content (AvgIpc) is 2.89. The van der Waals surface area contributed by atoms with Gasteiger partial charge in [-0.25, -0.2) is 18.7 Å². The molecular formula is C25H28F2N4O5. The number of allylic oxidation sites excluding steroid dienone is 2. The SMILES string of the molecule is COc1cc2c(NC3=CC(=O)C(OC(CF)CF)=CC3=O)ncnc2cc1OCC1CCN(C)CC1. The number of ether oxygens (including phenoxy) is 3. The van der Waals surface area contributed by atoms with Gasteiger partial charge in [0.2, 0.25) is 11.6 Å². The number of halogens is 2. The van der Waals surface area contributed by atoms with Gasteiger partial charge < -0.3 is 24.4 Å². The number of piperidine rings is 1. The number of carbonyl (C=O) groups is 2. The highest BCUT2D eigenvalue weighted by molar-refractivity contribution is 6.20. The summed E-state index contributed by atoms with van der Waals surface area (Å²) in [6.07, 6.45) is 3.93. The Hall–Kier alpha value is -3.60. The lowest BCUT2D eigenvalue weighted by atomic mass is 9.98. The molecular weight excluding hydrogens is 474 g/mol. The van der Waals surface area contributed by atoms with Crippen molar-refractivity contribution in [2.75, 3.05) is 52.5 Å². The van der Waals surface area contributed by atoms with E-state index in [2.05, 4.69) is 27.2 Å². The number of hydrogen-bond donors (Lipinski definition) is 1. The van der Waals surface area contributed by atoms with Crippen LogP contribution in [0.5, 0.6) is 11.5 Å². The molecule has 0 unspecified atom stereocenters. The summed E-state index contributed by atoms with van der Waals surface area (Å²) in [5.74, 6) is 0.0618. The molecule has 1 saturated heterocycles. The Balaban J connectivity index is 1.52. The van der Waals surface area contributed by atoms with Gasteiger partial charge in [0.15, 0.2) is 23.4 Å². The molecule has 9 nitrogen and oxygen atoms in total. The van der Waals surface area contributed by atoms with E-state index in [-0.39, 0.29) is 11.5 Å². The highest BCUT2D eigenvalue weighted by atomic mass is 19.1. The molecule has 192 valence electrons. The van der Waals surface area contributed by atoms with Gasteiger partial charge >= 0.3 is 0 Å². The van der Waals surface area contributed by atoms with Crippen molar-refractivity contribution in [1.29, 1.82) is 0 Å². The average molecular weight is 503 g/mol. The van der Waals surface area contributed by atoms with E-state index in [1.54, 1.807) is 12.1 Å². The number of nitrogens with zero attached hydrogens (tertiary/aromatic N) is 3. The number of alkyl halides is 2. The molecule has 11 heteroatoms. The van der Waals surface area contributed by atoms with Crippen molar-refractivity contribution in [3.05, 3.63) is 42.1 Å². The van der Waals surface area contributed by atoms with E-state index in [0.717, 1.165) is 38.1 Å². The summed E-state index contributed by atoms with van der Waals surface area (Å²) in [6.45, 7) is 0.400. The summed E-state index contributed by atoms with van der Waals surface area (Å²) in [6, 6.07) is 3.45. The number of benzene rings is 1. The van der Waals surface area contributed by atoms with Crippen molar-refractivity contribution in [1.82, 2.24) is 14.9 Å². The summed E-state index contributed by atoms with van der Waals surface area (Å²) in [7, 11) is 3.64. The van der Waals surface area contributed by atoms with E-state index in [4.69, 9.17) is 14.2 Å². The number of likely N-dealkylation sites (tertiary alicyclic amines) is 1. The van der Waals surface area contributed by atoms with Crippen molar-refractivity contribution in [2.24, 2.45) is 5.92 Å². The number of carbonyl (C=O) groups excluding carboxylic acids is 2. The Bertz CT molecular complexity index is 1190. The lowest BCUT2D eigenvalue weighted by molar-refractivity contribution is -0.118. The molecule has 1 aliphatic heterocycles. The molecule has 36 heavy (non-hydrogen) atoms. The third-order valence-electron chi connectivity index (χ3n) is 6.17. The fraction of sp³-hybridized carbons (Fsp3) is 0.440. The Morgan fingerprint density at radius 1 is 1.08 bits per heavy atom. The minimum absolute atomic E-state index is 0.0639. The van der Waals surface area contributed by atoms with Gasteiger partial charge in [-0.15, -0.1) is 0 Å². The molecule has 0 spiro atoms. The predicted molar refractivity (Wildman–Crippen MR) is 128 cm³/mol. The van der Waals surface area contributed by atoms with Crippen LogP contribution in [0.25, 0.3) is 10.9 Å². The van der Waals surface area contributed by atoms with Crippen LogP contribution in [0.3, 0.4) is 0 Å². The van der Waals surface area contributed by atoms with Crippen molar-refractivity contribution >= 4 is 28.3 Å². The Kier molecular flexibility index (Phi) is 8.09. The number of nitrogens with one attached hydrogen (secondary N) is 1. The van der Waals surface area contributed by atoms with Crippen LogP contribution in [0.2, 0.25) is 0 Å². The normalized spacial score (nSPS) is 17.2. The second kappa shape index (κ2) is 11.4. The first-order chi connectivity index (χ1) is 17.4. The van der Waals surface area contributed by atoms with E-state index in [9.17, 15) is 18.4 Å². The topological polar surface area (TPSA) is 103 Å². The predicted octanol–water partition coefficient (Wildman–Crippen LogP) is 3.01. The van der Waals surface area contributed by atoms with Crippen molar-refractivity contribution in [2.45, 2.75) is 18.9 Å². The first-order valence-corrected chi connectivity index (χ1v) is 11.6. The molecule has 2 aromatic rings.